The Kier molecular flexibility index (Phi) is 4.39. The SMILES string of the molecule is O=C(O)c1cncc(-c2cc(CC3CCNCC3)ncn2)c1. The Balaban J connectivity index is 1.81. The van der Waals surface area contributed by atoms with Gasteiger partial charge in [0.1, 0.15) is 6.33 Å². The monoisotopic (exact) mass is 298 g/mol. The molecule has 114 valence electrons. The second-order valence-corrected chi connectivity index (χ2v) is 5.56. The van der Waals surface area contributed by atoms with E-state index in [0.29, 0.717) is 11.5 Å². The standard InChI is InChI=1S/C16H18N4O2/c21-16(22)13-6-12(8-18-9-13)15-7-14(19-10-20-15)5-11-1-3-17-4-2-11/h6-11,17H,1-5H2,(H,21,22). The molecule has 22 heavy (non-hydrogen) atoms. The van der Waals surface area contributed by atoms with Crippen molar-refractivity contribution in [2.24, 2.45) is 5.92 Å². The number of hydrogen-bond acceptors (Lipinski definition) is 5. The Morgan fingerprint density at radius 2 is 2.05 bits per heavy atom. The van der Waals surface area contributed by atoms with Gasteiger partial charge in [-0.05, 0) is 50.4 Å². The summed E-state index contributed by atoms with van der Waals surface area (Å²) in [6, 6.07) is 3.52. The summed E-state index contributed by atoms with van der Waals surface area (Å²) in [6.45, 7) is 2.13. The zero-order valence-corrected chi connectivity index (χ0v) is 12.2. The summed E-state index contributed by atoms with van der Waals surface area (Å²) in [7, 11) is 0. The van der Waals surface area contributed by atoms with Gasteiger partial charge in [-0.1, -0.05) is 0 Å². The summed E-state index contributed by atoms with van der Waals surface area (Å²) in [6.07, 6.45) is 7.76. The molecule has 0 unspecified atom stereocenters. The average Bonchev–Trinajstić information content (AvgIpc) is 2.56. The summed E-state index contributed by atoms with van der Waals surface area (Å²) < 4.78 is 0. The van der Waals surface area contributed by atoms with Gasteiger partial charge in [-0.3, -0.25) is 4.98 Å². The van der Waals surface area contributed by atoms with Gasteiger partial charge in [0.2, 0.25) is 0 Å². The Hall–Kier alpha value is -2.34. The number of carboxylic acid groups (broad SMARTS) is 1. The van der Waals surface area contributed by atoms with E-state index in [1.54, 1.807) is 18.6 Å². The third-order valence-electron chi connectivity index (χ3n) is 3.96. The first-order chi connectivity index (χ1) is 10.7. The van der Waals surface area contributed by atoms with Crippen LogP contribution < -0.4 is 5.32 Å². The average molecular weight is 298 g/mol. The Labute approximate surface area is 128 Å². The van der Waals surface area contributed by atoms with Gasteiger partial charge in [0, 0.05) is 23.7 Å². The van der Waals surface area contributed by atoms with Crippen molar-refractivity contribution in [3.8, 4) is 11.3 Å². The van der Waals surface area contributed by atoms with Crippen LogP contribution in [0.2, 0.25) is 0 Å². The number of hydrogen-bond donors (Lipinski definition) is 2. The number of aromatic carboxylic acids is 1. The van der Waals surface area contributed by atoms with Crippen molar-refractivity contribution < 1.29 is 9.90 Å². The van der Waals surface area contributed by atoms with Gasteiger partial charge in [-0.2, -0.15) is 0 Å². The lowest BCUT2D eigenvalue weighted by Crippen LogP contribution is -2.28. The summed E-state index contributed by atoms with van der Waals surface area (Å²) in [5, 5.41) is 12.4. The fourth-order valence-corrected chi connectivity index (χ4v) is 2.75. The number of rotatable bonds is 4. The van der Waals surface area contributed by atoms with Crippen molar-refractivity contribution >= 4 is 5.97 Å². The second-order valence-electron chi connectivity index (χ2n) is 5.56. The van der Waals surface area contributed by atoms with E-state index in [2.05, 4.69) is 20.3 Å². The van der Waals surface area contributed by atoms with E-state index < -0.39 is 5.97 Å². The van der Waals surface area contributed by atoms with Crippen LogP contribution in [-0.2, 0) is 6.42 Å². The molecule has 2 N–H and O–H groups in total. The van der Waals surface area contributed by atoms with Gasteiger partial charge in [-0.15, -0.1) is 0 Å². The molecule has 3 heterocycles. The first kappa shape index (κ1) is 14.6. The highest BCUT2D eigenvalue weighted by atomic mass is 16.4. The third kappa shape index (κ3) is 3.46. The lowest BCUT2D eigenvalue weighted by atomic mass is 9.93. The number of nitrogens with zero attached hydrogens (tertiary/aromatic N) is 3. The van der Waals surface area contributed by atoms with Gasteiger partial charge < -0.3 is 10.4 Å². The molecule has 2 aromatic heterocycles. The largest absolute Gasteiger partial charge is 0.478 e. The molecule has 0 bridgehead atoms. The van der Waals surface area contributed by atoms with Crippen molar-refractivity contribution in [2.45, 2.75) is 19.3 Å². The summed E-state index contributed by atoms with van der Waals surface area (Å²) in [5.41, 5.74) is 2.58. The van der Waals surface area contributed by atoms with Gasteiger partial charge in [-0.25, -0.2) is 14.8 Å². The van der Waals surface area contributed by atoms with Crippen molar-refractivity contribution in [1.82, 2.24) is 20.3 Å². The lowest BCUT2D eigenvalue weighted by molar-refractivity contribution is 0.0696. The molecule has 1 aliphatic heterocycles. The molecule has 3 rings (SSSR count). The van der Waals surface area contributed by atoms with Crippen LogP contribution >= 0.6 is 0 Å². The van der Waals surface area contributed by atoms with E-state index >= 15 is 0 Å². The van der Waals surface area contributed by atoms with Crippen LogP contribution in [-0.4, -0.2) is 39.1 Å². The second kappa shape index (κ2) is 6.62. The summed E-state index contributed by atoms with van der Waals surface area (Å²) in [5.74, 6) is -0.342. The quantitative estimate of drug-likeness (QED) is 0.894. The number of pyridine rings is 1. The molecule has 0 spiro atoms. The molecule has 2 aromatic rings. The number of piperidine rings is 1. The molecular weight excluding hydrogens is 280 g/mol. The molecule has 0 aromatic carbocycles. The minimum Gasteiger partial charge on any atom is -0.478 e. The first-order valence-corrected chi connectivity index (χ1v) is 7.43. The molecule has 1 aliphatic rings. The maximum atomic E-state index is 11.0. The summed E-state index contributed by atoms with van der Waals surface area (Å²) in [4.78, 5) is 23.6. The Morgan fingerprint density at radius 1 is 1.23 bits per heavy atom. The predicted molar refractivity (Wildman–Crippen MR) is 81.5 cm³/mol. The zero-order chi connectivity index (χ0) is 15.4. The highest BCUT2D eigenvalue weighted by Gasteiger charge is 2.15. The molecule has 6 nitrogen and oxygen atoms in total. The minimum atomic E-state index is -0.988. The van der Waals surface area contributed by atoms with Crippen LogP contribution in [0.1, 0.15) is 28.9 Å². The minimum absolute atomic E-state index is 0.163. The normalized spacial score (nSPS) is 15.6. The van der Waals surface area contributed by atoms with Crippen LogP contribution in [0.15, 0.2) is 30.9 Å². The summed E-state index contributed by atoms with van der Waals surface area (Å²) >= 11 is 0. The zero-order valence-electron chi connectivity index (χ0n) is 12.2. The van der Waals surface area contributed by atoms with E-state index in [9.17, 15) is 4.79 Å². The van der Waals surface area contributed by atoms with E-state index in [-0.39, 0.29) is 5.56 Å². The van der Waals surface area contributed by atoms with Crippen LogP contribution in [0.3, 0.4) is 0 Å². The Bertz CT molecular complexity index is 669. The molecule has 0 atom stereocenters. The van der Waals surface area contributed by atoms with Crippen LogP contribution in [0.5, 0.6) is 0 Å². The third-order valence-corrected chi connectivity index (χ3v) is 3.96. The first-order valence-electron chi connectivity index (χ1n) is 7.43. The van der Waals surface area contributed by atoms with Gasteiger partial charge in [0.25, 0.3) is 0 Å². The lowest BCUT2D eigenvalue weighted by Gasteiger charge is -2.22. The molecule has 0 aliphatic carbocycles. The molecular formula is C16H18N4O2. The smallest absolute Gasteiger partial charge is 0.337 e. The van der Waals surface area contributed by atoms with Crippen LogP contribution in [0.4, 0.5) is 0 Å². The van der Waals surface area contributed by atoms with Gasteiger partial charge in [0.15, 0.2) is 0 Å². The number of carbonyl (C=O) groups is 1. The van der Waals surface area contributed by atoms with Crippen molar-refractivity contribution in [3.63, 3.8) is 0 Å². The molecule has 0 radical (unpaired) electrons. The van der Waals surface area contributed by atoms with Crippen molar-refractivity contribution in [2.75, 3.05) is 13.1 Å². The van der Waals surface area contributed by atoms with E-state index in [1.807, 2.05) is 6.07 Å². The number of nitrogens with one attached hydrogen (secondary N) is 1. The maximum absolute atomic E-state index is 11.0. The highest BCUT2D eigenvalue weighted by molar-refractivity contribution is 5.88. The fraction of sp³-hybridized carbons (Fsp3) is 0.375. The van der Waals surface area contributed by atoms with E-state index in [1.165, 1.54) is 6.20 Å². The number of aromatic nitrogens is 3. The molecule has 0 amide bonds. The molecule has 1 fully saturated rings. The molecule has 0 saturated carbocycles. The van der Waals surface area contributed by atoms with Crippen LogP contribution in [0, 0.1) is 5.92 Å². The Morgan fingerprint density at radius 3 is 2.82 bits per heavy atom. The number of carboxylic acids is 1. The maximum Gasteiger partial charge on any atom is 0.337 e. The predicted octanol–water partition coefficient (Wildman–Crippen LogP) is 1.78. The molecule has 1 saturated heterocycles. The van der Waals surface area contributed by atoms with E-state index in [0.717, 1.165) is 43.7 Å². The molecule has 6 heteroatoms. The topological polar surface area (TPSA) is 88.0 Å². The highest BCUT2D eigenvalue weighted by Crippen LogP contribution is 2.21. The van der Waals surface area contributed by atoms with Gasteiger partial charge >= 0.3 is 5.97 Å². The van der Waals surface area contributed by atoms with E-state index in [4.69, 9.17) is 5.11 Å². The van der Waals surface area contributed by atoms with Crippen LogP contribution in [0.25, 0.3) is 11.3 Å². The van der Waals surface area contributed by atoms with Crippen molar-refractivity contribution in [1.29, 1.82) is 0 Å². The van der Waals surface area contributed by atoms with Gasteiger partial charge in [0.05, 0.1) is 11.3 Å². The fourth-order valence-electron chi connectivity index (χ4n) is 2.75. The van der Waals surface area contributed by atoms with Crippen molar-refractivity contribution in [3.05, 3.63) is 42.1 Å².